The van der Waals surface area contributed by atoms with E-state index in [0.717, 1.165) is 0 Å². The van der Waals surface area contributed by atoms with E-state index in [1.165, 1.54) is 0 Å². The monoisotopic (exact) mass is 157 g/mol. The number of carbonyl (C=O) groups excluding carboxylic acids is 2. The van der Waals surface area contributed by atoms with Crippen LogP contribution in [-0.2, 0) is 9.59 Å². The quantitative estimate of drug-likeness (QED) is 0.486. The molecule has 1 atom stereocenters. The number of aliphatic imine (C=N–C) groups is 2. The smallest absolute Gasteiger partial charge is 0.280 e. The van der Waals surface area contributed by atoms with E-state index in [2.05, 4.69) is 9.98 Å². The maximum absolute atomic E-state index is 12.2. The van der Waals surface area contributed by atoms with E-state index < -0.39 is 23.8 Å². The predicted molar refractivity (Wildman–Crippen MR) is 35.0 cm³/mol. The number of primary amides is 1. The van der Waals surface area contributed by atoms with Crippen LogP contribution in [0.3, 0.4) is 0 Å². The van der Waals surface area contributed by atoms with Crippen LogP contribution in [0.1, 0.15) is 0 Å². The minimum Gasteiger partial charge on any atom is -0.367 e. The van der Waals surface area contributed by atoms with Crippen LogP contribution in [0.2, 0.25) is 0 Å². The Bertz CT molecular complexity index is 271. The highest BCUT2D eigenvalue weighted by Crippen LogP contribution is 2.00. The summed E-state index contributed by atoms with van der Waals surface area (Å²) in [4.78, 5) is 27.1. The Morgan fingerprint density at radius 3 is 2.82 bits per heavy atom. The Hall–Kier alpha value is -1.59. The second kappa shape index (κ2) is 2.57. The van der Waals surface area contributed by atoms with E-state index in [0.29, 0.717) is 6.21 Å². The van der Waals surface area contributed by atoms with Crippen molar-refractivity contribution < 1.29 is 14.0 Å². The van der Waals surface area contributed by atoms with Gasteiger partial charge >= 0.3 is 0 Å². The summed E-state index contributed by atoms with van der Waals surface area (Å²) in [6.45, 7) is 0. The normalized spacial score (nSPS) is 23.2. The standard InChI is InChI=1S/C5H4FN3O2/c6-2-1-8-5(11)3(9-2)4(7)10/h1,3H,(H2,7,10). The highest BCUT2D eigenvalue weighted by atomic mass is 19.1. The van der Waals surface area contributed by atoms with Crippen LogP contribution >= 0.6 is 0 Å². The molecule has 2 amide bonds. The Kier molecular flexibility index (Phi) is 1.75. The van der Waals surface area contributed by atoms with E-state index in [1.807, 2.05) is 0 Å². The predicted octanol–water partition coefficient (Wildman–Crippen LogP) is -1.18. The maximum atomic E-state index is 12.2. The third-order valence-corrected chi connectivity index (χ3v) is 1.05. The molecule has 58 valence electrons. The van der Waals surface area contributed by atoms with Crippen LogP contribution in [0, 0.1) is 0 Å². The lowest BCUT2D eigenvalue weighted by atomic mass is 10.2. The molecule has 0 bridgehead atoms. The molecule has 1 heterocycles. The molecule has 0 aromatic heterocycles. The van der Waals surface area contributed by atoms with Gasteiger partial charge in [-0.25, -0.2) is 9.98 Å². The molecule has 0 spiro atoms. The van der Waals surface area contributed by atoms with Crippen molar-refractivity contribution >= 4 is 24.0 Å². The van der Waals surface area contributed by atoms with Crippen molar-refractivity contribution in [1.29, 1.82) is 0 Å². The topological polar surface area (TPSA) is 84.9 Å². The summed E-state index contributed by atoms with van der Waals surface area (Å²) in [7, 11) is 0. The zero-order valence-electron chi connectivity index (χ0n) is 5.32. The molecule has 0 aliphatic carbocycles. The third kappa shape index (κ3) is 1.46. The Morgan fingerprint density at radius 2 is 2.36 bits per heavy atom. The van der Waals surface area contributed by atoms with E-state index in [-0.39, 0.29) is 0 Å². The van der Waals surface area contributed by atoms with Crippen LogP contribution in [-0.4, -0.2) is 30.0 Å². The van der Waals surface area contributed by atoms with Crippen molar-refractivity contribution in [1.82, 2.24) is 0 Å². The van der Waals surface area contributed by atoms with E-state index in [4.69, 9.17) is 5.73 Å². The number of carbonyl (C=O) groups is 2. The molecule has 1 unspecified atom stereocenters. The van der Waals surface area contributed by atoms with Crippen molar-refractivity contribution in [3.8, 4) is 0 Å². The molecule has 2 N–H and O–H groups in total. The van der Waals surface area contributed by atoms with E-state index in [9.17, 15) is 14.0 Å². The van der Waals surface area contributed by atoms with Gasteiger partial charge in [0.2, 0.25) is 12.0 Å². The van der Waals surface area contributed by atoms with Crippen molar-refractivity contribution in [2.24, 2.45) is 15.7 Å². The van der Waals surface area contributed by atoms with Crippen molar-refractivity contribution in [3.63, 3.8) is 0 Å². The second-order valence-corrected chi connectivity index (χ2v) is 1.85. The minimum atomic E-state index is -1.49. The number of rotatable bonds is 1. The van der Waals surface area contributed by atoms with Gasteiger partial charge in [-0.15, -0.1) is 0 Å². The molecular formula is C5H4FN3O2. The fraction of sp³-hybridized carbons (Fsp3) is 0.200. The number of halogens is 1. The molecule has 0 fully saturated rings. The second-order valence-electron chi connectivity index (χ2n) is 1.85. The van der Waals surface area contributed by atoms with Gasteiger partial charge in [-0.3, -0.25) is 9.59 Å². The number of nitrogens with two attached hydrogens (primary N) is 1. The molecule has 5 nitrogen and oxygen atoms in total. The molecule has 0 saturated heterocycles. The van der Waals surface area contributed by atoms with Gasteiger partial charge in [-0.05, 0) is 0 Å². The molecule has 1 rings (SSSR count). The fourth-order valence-corrected chi connectivity index (χ4v) is 0.585. The van der Waals surface area contributed by atoms with Gasteiger partial charge in [-0.1, -0.05) is 0 Å². The molecular weight excluding hydrogens is 153 g/mol. The summed E-state index contributed by atoms with van der Waals surface area (Å²) < 4.78 is 12.2. The SMILES string of the molecule is NC(=O)C1N=C(F)C=NC1=O. The first kappa shape index (κ1) is 7.52. The van der Waals surface area contributed by atoms with Crippen LogP contribution in [0.25, 0.3) is 0 Å². The van der Waals surface area contributed by atoms with Crippen LogP contribution < -0.4 is 5.73 Å². The molecule has 1 aliphatic rings. The first-order chi connectivity index (χ1) is 5.11. The Labute approximate surface area is 60.8 Å². The summed E-state index contributed by atoms with van der Waals surface area (Å²) in [6.07, 6.45) is 0.641. The summed E-state index contributed by atoms with van der Waals surface area (Å²) in [5.74, 6) is -2.80. The van der Waals surface area contributed by atoms with Gasteiger partial charge in [-0.2, -0.15) is 4.39 Å². The van der Waals surface area contributed by atoms with Gasteiger partial charge < -0.3 is 5.73 Å². The molecule has 0 saturated carbocycles. The first-order valence-corrected chi connectivity index (χ1v) is 2.72. The van der Waals surface area contributed by atoms with Crippen LogP contribution in [0.15, 0.2) is 9.98 Å². The third-order valence-electron chi connectivity index (χ3n) is 1.05. The summed E-state index contributed by atoms with van der Waals surface area (Å²) in [5.41, 5.74) is 4.71. The average molecular weight is 157 g/mol. The van der Waals surface area contributed by atoms with Gasteiger partial charge in [0, 0.05) is 0 Å². The zero-order chi connectivity index (χ0) is 8.43. The van der Waals surface area contributed by atoms with Gasteiger partial charge in [0.05, 0.1) is 6.21 Å². The van der Waals surface area contributed by atoms with Crippen molar-refractivity contribution in [2.75, 3.05) is 0 Å². The van der Waals surface area contributed by atoms with Crippen molar-refractivity contribution in [3.05, 3.63) is 0 Å². The summed E-state index contributed by atoms with van der Waals surface area (Å²) in [5, 5.41) is 0. The maximum Gasteiger partial charge on any atom is 0.280 e. The summed E-state index contributed by atoms with van der Waals surface area (Å²) >= 11 is 0. The van der Waals surface area contributed by atoms with Crippen LogP contribution in [0.4, 0.5) is 4.39 Å². The Morgan fingerprint density at radius 1 is 1.73 bits per heavy atom. The fourth-order valence-electron chi connectivity index (χ4n) is 0.585. The van der Waals surface area contributed by atoms with E-state index >= 15 is 0 Å². The highest BCUT2D eigenvalue weighted by Gasteiger charge is 2.26. The highest BCUT2D eigenvalue weighted by molar-refractivity contribution is 6.31. The van der Waals surface area contributed by atoms with Gasteiger partial charge in [0.25, 0.3) is 11.8 Å². The zero-order valence-corrected chi connectivity index (χ0v) is 5.32. The number of hydrogen-bond acceptors (Lipinski definition) is 3. The van der Waals surface area contributed by atoms with Crippen molar-refractivity contribution in [2.45, 2.75) is 6.04 Å². The van der Waals surface area contributed by atoms with Crippen LogP contribution in [0.5, 0.6) is 0 Å². The largest absolute Gasteiger partial charge is 0.367 e. The number of hydrogen-bond donors (Lipinski definition) is 1. The summed E-state index contributed by atoms with van der Waals surface area (Å²) in [6, 6.07) is -1.49. The lowest BCUT2D eigenvalue weighted by molar-refractivity contribution is -0.127. The van der Waals surface area contributed by atoms with Gasteiger partial charge in [0.1, 0.15) is 0 Å². The lowest BCUT2D eigenvalue weighted by Crippen LogP contribution is -2.36. The molecule has 11 heavy (non-hydrogen) atoms. The number of nitrogens with zero attached hydrogens (tertiary/aromatic N) is 2. The van der Waals surface area contributed by atoms with E-state index in [1.54, 1.807) is 0 Å². The molecule has 0 radical (unpaired) electrons. The molecule has 0 aromatic carbocycles. The molecule has 0 aromatic rings. The lowest BCUT2D eigenvalue weighted by Gasteiger charge is -2.05. The first-order valence-electron chi connectivity index (χ1n) is 2.72. The Balaban J connectivity index is 2.90. The van der Waals surface area contributed by atoms with Gasteiger partial charge in [0.15, 0.2) is 0 Å². The average Bonchev–Trinajstić information content (AvgIpc) is 1.94. The minimum absolute atomic E-state index is 0.641. The molecule has 1 aliphatic heterocycles. The number of amides is 2. The molecule has 6 heteroatoms.